The zero-order valence-electron chi connectivity index (χ0n) is 15.0. The Morgan fingerprint density at radius 3 is 2.78 bits per heavy atom. The van der Waals surface area contributed by atoms with Crippen LogP contribution in [-0.4, -0.2) is 29.9 Å². The number of amides is 1. The number of ether oxygens (including phenoxy) is 1. The minimum absolute atomic E-state index is 0. The first-order chi connectivity index (χ1) is 12.7. The molecule has 1 saturated heterocycles. The van der Waals surface area contributed by atoms with E-state index in [1.54, 1.807) is 12.1 Å². The number of nitrogens with zero attached hydrogens (tertiary/aromatic N) is 1. The van der Waals surface area contributed by atoms with Crippen molar-refractivity contribution < 1.29 is 13.9 Å². The highest BCUT2D eigenvalue weighted by Gasteiger charge is 2.29. The van der Waals surface area contributed by atoms with Crippen LogP contribution in [0.25, 0.3) is 10.8 Å². The Morgan fingerprint density at radius 2 is 1.96 bits per heavy atom. The van der Waals surface area contributed by atoms with Crippen molar-refractivity contribution in [1.82, 2.24) is 4.90 Å². The van der Waals surface area contributed by atoms with Crippen molar-refractivity contribution in [3.63, 3.8) is 0 Å². The van der Waals surface area contributed by atoms with Gasteiger partial charge in [0, 0.05) is 19.1 Å². The molecular formula is C21H23ClN2O3. The quantitative estimate of drug-likeness (QED) is 0.719. The lowest BCUT2D eigenvalue weighted by molar-refractivity contribution is 0.0705. The van der Waals surface area contributed by atoms with Gasteiger partial charge in [-0.1, -0.05) is 30.3 Å². The van der Waals surface area contributed by atoms with Crippen LogP contribution in [0.5, 0.6) is 5.75 Å². The van der Waals surface area contributed by atoms with Crippen molar-refractivity contribution >= 4 is 29.1 Å². The second kappa shape index (κ2) is 8.46. The average molecular weight is 387 g/mol. The maximum absolute atomic E-state index is 12.6. The van der Waals surface area contributed by atoms with Crippen molar-refractivity contribution in [3.8, 4) is 5.75 Å². The van der Waals surface area contributed by atoms with Gasteiger partial charge in [0.25, 0.3) is 5.91 Å². The maximum Gasteiger partial charge on any atom is 0.289 e. The van der Waals surface area contributed by atoms with Crippen molar-refractivity contribution in [2.24, 2.45) is 5.73 Å². The van der Waals surface area contributed by atoms with Crippen LogP contribution in [0.3, 0.4) is 0 Å². The van der Waals surface area contributed by atoms with Crippen LogP contribution in [0.15, 0.2) is 59.0 Å². The Bertz CT molecular complexity index is 924. The molecule has 0 aliphatic carbocycles. The Balaban J connectivity index is 0.00000210. The normalized spacial score (nSPS) is 16.3. The van der Waals surface area contributed by atoms with Crippen LogP contribution in [0, 0.1) is 0 Å². The number of fused-ring (bicyclic) bond motifs is 1. The molecule has 1 amide bonds. The van der Waals surface area contributed by atoms with E-state index in [0.29, 0.717) is 18.1 Å². The minimum atomic E-state index is -0.0881. The third-order valence-electron chi connectivity index (χ3n) is 4.88. The summed E-state index contributed by atoms with van der Waals surface area (Å²) in [5.74, 6) is 1.66. The molecule has 2 heterocycles. The van der Waals surface area contributed by atoms with E-state index in [4.69, 9.17) is 14.9 Å². The van der Waals surface area contributed by atoms with Crippen molar-refractivity contribution in [1.29, 1.82) is 0 Å². The summed E-state index contributed by atoms with van der Waals surface area (Å²) < 4.78 is 11.5. The fourth-order valence-corrected chi connectivity index (χ4v) is 3.47. The fourth-order valence-electron chi connectivity index (χ4n) is 3.47. The second-order valence-electron chi connectivity index (χ2n) is 6.59. The molecule has 1 unspecified atom stereocenters. The third kappa shape index (κ3) is 4.10. The fraction of sp³-hybridized carbons (Fsp3) is 0.286. The molecule has 6 heteroatoms. The number of hydrogen-bond acceptors (Lipinski definition) is 4. The van der Waals surface area contributed by atoms with E-state index in [1.807, 2.05) is 35.2 Å². The number of furan rings is 1. The predicted molar refractivity (Wildman–Crippen MR) is 107 cm³/mol. The molecule has 5 nitrogen and oxygen atoms in total. The predicted octanol–water partition coefficient (Wildman–Crippen LogP) is 4.00. The summed E-state index contributed by atoms with van der Waals surface area (Å²) in [6.45, 7) is 1.51. The molecule has 2 aromatic carbocycles. The van der Waals surface area contributed by atoms with E-state index >= 15 is 0 Å². The third-order valence-corrected chi connectivity index (χ3v) is 4.88. The zero-order chi connectivity index (χ0) is 17.9. The molecule has 1 aliphatic rings. The van der Waals surface area contributed by atoms with Gasteiger partial charge in [-0.2, -0.15) is 0 Å². The van der Waals surface area contributed by atoms with Gasteiger partial charge in [-0.3, -0.25) is 4.79 Å². The standard InChI is InChI=1S/C21H22N2O3.ClH/c22-13-17-6-3-11-23(17)21(24)20-10-9-19(26-20)14-25-18-8-7-15-4-1-2-5-16(15)12-18;/h1-2,4-5,7-10,12,17H,3,6,11,13-14,22H2;1H. The smallest absolute Gasteiger partial charge is 0.289 e. The number of hydrogen-bond donors (Lipinski definition) is 1. The SMILES string of the molecule is Cl.NCC1CCCN1C(=O)c1ccc(COc2ccc3ccccc3c2)o1. The Kier molecular flexibility index (Phi) is 6.04. The van der Waals surface area contributed by atoms with E-state index < -0.39 is 0 Å². The van der Waals surface area contributed by atoms with Crippen LogP contribution in [-0.2, 0) is 6.61 Å². The molecule has 3 aromatic rings. The minimum Gasteiger partial charge on any atom is -0.486 e. The largest absolute Gasteiger partial charge is 0.486 e. The molecule has 27 heavy (non-hydrogen) atoms. The number of likely N-dealkylation sites (tertiary alicyclic amines) is 1. The molecule has 0 spiro atoms. The van der Waals surface area contributed by atoms with Crippen LogP contribution >= 0.6 is 12.4 Å². The van der Waals surface area contributed by atoms with Gasteiger partial charge in [-0.05, 0) is 47.9 Å². The topological polar surface area (TPSA) is 68.7 Å². The van der Waals surface area contributed by atoms with Crippen LogP contribution in [0.1, 0.15) is 29.2 Å². The van der Waals surface area contributed by atoms with Crippen molar-refractivity contribution in [2.75, 3.05) is 13.1 Å². The first-order valence-electron chi connectivity index (χ1n) is 8.96. The van der Waals surface area contributed by atoms with Gasteiger partial charge in [0.1, 0.15) is 18.1 Å². The molecule has 1 aliphatic heterocycles. The van der Waals surface area contributed by atoms with Gasteiger partial charge in [0.05, 0.1) is 0 Å². The molecule has 4 rings (SSSR count). The summed E-state index contributed by atoms with van der Waals surface area (Å²) in [7, 11) is 0. The molecule has 142 valence electrons. The van der Waals surface area contributed by atoms with E-state index in [9.17, 15) is 4.79 Å². The first-order valence-corrected chi connectivity index (χ1v) is 8.96. The van der Waals surface area contributed by atoms with Crippen molar-refractivity contribution in [3.05, 3.63) is 66.1 Å². The molecule has 0 bridgehead atoms. The van der Waals surface area contributed by atoms with Gasteiger partial charge in [0.2, 0.25) is 0 Å². The zero-order valence-corrected chi connectivity index (χ0v) is 15.8. The summed E-state index contributed by atoms with van der Waals surface area (Å²) in [4.78, 5) is 14.4. The summed E-state index contributed by atoms with van der Waals surface area (Å²) >= 11 is 0. The lowest BCUT2D eigenvalue weighted by Crippen LogP contribution is -2.39. The number of halogens is 1. The van der Waals surface area contributed by atoms with Crippen molar-refractivity contribution in [2.45, 2.75) is 25.5 Å². The molecule has 1 atom stereocenters. The van der Waals surface area contributed by atoms with Gasteiger partial charge < -0.3 is 19.8 Å². The molecule has 0 saturated carbocycles. The Hall–Kier alpha value is -2.50. The molecule has 1 aromatic heterocycles. The summed E-state index contributed by atoms with van der Waals surface area (Å²) in [6.07, 6.45) is 1.95. The average Bonchev–Trinajstić information content (AvgIpc) is 3.35. The highest BCUT2D eigenvalue weighted by atomic mass is 35.5. The number of rotatable bonds is 5. The summed E-state index contributed by atoms with van der Waals surface area (Å²) in [6, 6.07) is 17.7. The number of nitrogens with two attached hydrogens (primary N) is 1. The van der Waals surface area contributed by atoms with Crippen LogP contribution < -0.4 is 10.5 Å². The number of carbonyl (C=O) groups excluding carboxylic acids is 1. The second-order valence-corrected chi connectivity index (χ2v) is 6.59. The first kappa shape index (κ1) is 19.3. The van der Waals surface area contributed by atoms with E-state index in [1.165, 1.54) is 5.39 Å². The lowest BCUT2D eigenvalue weighted by Gasteiger charge is -2.22. The Morgan fingerprint density at radius 1 is 1.15 bits per heavy atom. The molecule has 0 radical (unpaired) electrons. The number of carbonyl (C=O) groups is 1. The summed E-state index contributed by atoms with van der Waals surface area (Å²) in [5, 5.41) is 2.30. The highest BCUT2D eigenvalue weighted by Crippen LogP contribution is 2.23. The van der Waals surface area contributed by atoms with E-state index in [-0.39, 0.29) is 31.0 Å². The van der Waals surface area contributed by atoms with Gasteiger partial charge >= 0.3 is 0 Å². The molecule has 2 N–H and O–H groups in total. The van der Waals surface area contributed by atoms with Crippen LogP contribution in [0.4, 0.5) is 0 Å². The monoisotopic (exact) mass is 386 g/mol. The maximum atomic E-state index is 12.6. The van der Waals surface area contributed by atoms with Crippen LogP contribution in [0.2, 0.25) is 0 Å². The highest BCUT2D eigenvalue weighted by molar-refractivity contribution is 5.92. The van der Waals surface area contributed by atoms with E-state index in [2.05, 4.69) is 12.1 Å². The van der Waals surface area contributed by atoms with E-state index in [0.717, 1.165) is 30.5 Å². The number of benzene rings is 2. The van der Waals surface area contributed by atoms with Gasteiger partial charge in [0.15, 0.2) is 5.76 Å². The lowest BCUT2D eigenvalue weighted by atomic mass is 10.1. The molecular weight excluding hydrogens is 364 g/mol. The van der Waals surface area contributed by atoms with Gasteiger partial charge in [-0.15, -0.1) is 12.4 Å². The van der Waals surface area contributed by atoms with Gasteiger partial charge in [-0.25, -0.2) is 0 Å². The summed E-state index contributed by atoms with van der Waals surface area (Å²) in [5.41, 5.74) is 5.75. The molecule has 1 fully saturated rings. The Labute approximate surface area is 164 Å².